The first-order valence-corrected chi connectivity index (χ1v) is 9.21. The zero-order valence-electron chi connectivity index (χ0n) is 13.9. The predicted molar refractivity (Wildman–Crippen MR) is 107 cm³/mol. The molecule has 2 aromatic heterocycles. The zero-order valence-corrected chi connectivity index (χ0v) is 15.4. The van der Waals surface area contributed by atoms with Crippen LogP contribution >= 0.6 is 22.9 Å². The zero-order chi connectivity index (χ0) is 17.4. The first-order chi connectivity index (χ1) is 12.1. The number of hydrogen-bond donors (Lipinski definition) is 1. The van der Waals surface area contributed by atoms with Crippen molar-refractivity contribution in [3.63, 3.8) is 0 Å². The number of benzene rings is 2. The highest BCUT2D eigenvalue weighted by molar-refractivity contribution is 7.17. The van der Waals surface area contributed by atoms with Gasteiger partial charge in [0, 0.05) is 16.6 Å². The number of thiophene rings is 1. The SMILES string of the molecule is Cc1ccc(Nc2nc(Cl)nc3scc(-c4ccc(C)cc4)c23)cc1. The van der Waals surface area contributed by atoms with E-state index in [-0.39, 0.29) is 5.28 Å². The third-order valence-corrected chi connectivity index (χ3v) is 5.12. The molecule has 0 unspecified atom stereocenters. The van der Waals surface area contributed by atoms with Crippen molar-refractivity contribution in [3.8, 4) is 11.1 Å². The second-order valence-corrected chi connectivity index (χ2v) is 7.22. The Labute approximate surface area is 155 Å². The van der Waals surface area contributed by atoms with Gasteiger partial charge in [0.05, 0.1) is 5.39 Å². The normalized spacial score (nSPS) is 11.0. The molecule has 4 rings (SSSR count). The number of halogens is 1. The van der Waals surface area contributed by atoms with Gasteiger partial charge in [-0.15, -0.1) is 11.3 Å². The van der Waals surface area contributed by atoms with Crippen molar-refractivity contribution >= 4 is 44.7 Å². The summed E-state index contributed by atoms with van der Waals surface area (Å²) in [7, 11) is 0. The second kappa shape index (κ2) is 6.47. The predicted octanol–water partition coefficient (Wildman–Crippen LogP) is 6.37. The van der Waals surface area contributed by atoms with Gasteiger partial charge in [-0.25, -0.2) is 4.98 Å². The van der Waals surface area contributed by atoms with E-state index in [1.165, 1.54) is 11.1 Å². The van der Waals surface area contributed by atoms with Crippen LogP contribution in [0.25, 0.3) is 21.3 Å². The van der Waals surface area contributed by atoms with Crippen LogP contribution in [0.3, 0.4) is 0 Å². The highest BCUT2D eigenvalue weighted by Crippen LogP contribution is 2.38. The Kier molecular flexibility index (Phi) is 4.15. The summed E-state index contributed by atoms with van der Waals surface area (Å²) in [6.45, 7) is 4.15. The van der Waals surface area contributed by atoms with E-state index >= 15 is 0 Å². The van der Waals surface area contributed by atoms with E-state index in [0.717, 1.165) is 32.8 Å². The lowest BCUT2D eigenvalue weighted by atomic mass is 10.0. The van der Waals surface area contributed by atoms with Crippen LogP contribution in [0, 0.1) is 13.8 Å². The fraction of sp³-hybridized carbons (Fsp3) is 0.100. The van der Waals surface area contributed by atoms with Crippen molar-refractivity contribution in [1.29, 1.82) is 0 Å². The Balaban J connectivity index is 1.86. The molecule has 124 valence electrons. The van der Waals surface area contributed by atoms with Gasteiger partial charge in [0.25, 0.3) is 0 Å². The van der Waals surface area contributed by atoms with Crippen LogP contribution in [0.2, 0.25) is 5.28 Å². The molecule has 5 heteroatoms. The maximum Gasteiger partial charge on any atom is 0.225 e. The number of rotatable bonds is 3. The van der Waals surface area contributed by atoms with E-state index in [1.807, 2.05) is 12.1 Å². The van der Waals surface area contributed by atoms with Crippen molar-refractivity contribution < 1.29 is 0 Å². The highest BCUT2D eigenvalue weighted by atomic mass is 35.5. The first kappa shape index (κ1) is 16.1. The molecule has 0 fully saturated rings. The summed E-state index contributed by atoms with van der Waals surface area (Å²) < 4.78 is 0. The van der Waals surface area contributed by atoms with Crippen LogP contribution in [-0.2, 0) is 0 Å². The van der Waals surface area contributed by atoms with Crippen LogP contribution < -0.4 is 5.32 Å². The molecule has 0 spiro atoms. The summed E-state index contributed by atoms with van der Waals surface area (Å²) in [5.74, 6) is 0.732. The van der Waals surface area contributed by atoms with Gasteiger partial charge in [-0.2, -0.15) is 4.98 Å². The Morgan fingerprint density at radius 2 is 1.52 bits per heavy atom. The van der Waals surface area contributed by atoms with Gasteiger partial charge in [0.2, 0.25) is 5.28 Å². The Bertz CT molecular complexity index is 1040. The fourth-order valence-electron chi connectivity index (χ4n) is 2.73. The van der Waals surface area contributed by atoms with Crippen LogP contribution in [-0.4, -0.2) is 9.97 Å². The molecule has 4 aromatic rings. The Morgan fingerprint density at radius 1 is 0.880 bits per heavy atom. The first-order valence-electron chi connectivity index (χ1n) is 7.95. The van der Waals surface area contributed by atoms with Crippen molar-refractivity contribution in [1.82, 2.24) is 9.97 Å². The number of aryl methyl sites for hydroxylation is 2. The average molecular weight is 366 g/mol. The van der Waals surface area contributed by atoms with Crippen molar-refractivity contribution in [2.75, 3.05) is 5.32 Å². The lowest BCUT2D eigenvalue weighted by Crippen LogP contribution is -1.96. The minimum Gasteiger partial charge on any atom is -0.340 e. The molecule has 0 bridgehead atoms. The van der Waals surface area contributed by atoms with E-state index in [0.29, 0.717) is 0 Å². The molecule has 1 N–H and O–H groups in total. The molecule has 3 nitrogen and oxygen atoms in total. The number of anilines is 2. The van der Waals surface area contributed by atoms with Gasteiger partial charge < -0.3 is 5.32 Å². The third kappa shape index (κ3) is 3.23. The maximum atomic E-state index is 6.14. The largest absolute Gasteiger partial charge is 0.340 e. The second-order valence-electron chi connectivity index (χ2n) is 6.03. The number of fused-ring (bicyclic) bond motifs is 1. The summed E-state index contributed by atoms with van der Waals surface area (Å²) in [4.78, 5) is 9.71. The minimum absolute atomic E-state index is 0.249. The van der Waals surface area contributed by atoms with Crippen LogP contribution in [0.4, 0.5) is 11.5 Å². The van der Waals surface area contributed by atoms with E-state index in [4.69, 9.17) is 11.6 Å². The lowest BCUT2D eigenvalue weighted by Gasteiger charge is -2.09. The smallest absolute Gasteiger partial charge is 0.225 e. The Morgan fingerprint density at radius 3 is 2.20 bits per heavy atom. The summed E-state index contributed by atoms with van der Waals surface area (Å²) in [5.41, 5.74) is 5.69. The number of aromatic nitrogens is 2. The van der Waals surface area contributed by atoms with E-state index in [9.17, 15) is 0 Å². The van der Waals surface area contributed by atoms with Gasteiger partial charge in [-0.05, 0) is 43.1 Å². The molecule has 0 saturated carbocycles. The number of nitrogens with one attached hydrogen (secondary N) is 1. The highest BCUT2D eigenvalue weighted by Gasteiger charge is 2.15. The standard InChI is InChI=1S/C20H16ClN3S/c1-12-3-7-14(8-4-12)16-11-25-19-17(16)18(23-20(21)24-19)22-15-9-5-13(2)6-10-15/h3-11H,1-2H3,(H,22,23,24). The van der Waals surface area contributed by atoms with E-state index in [2.05, 4.69) is 70.9 Å². The minimum atomic E-state index is 0.249. The summed E-state index contributed by atoms with van der Waals surface area (Å²) in [6, 6.07) is 16.7. The molecule has 25 heavy (non-hydrogen) atoms. The topological polar surface area (TPSA) is 37.8 Å². The van der Waals surface area contributed by atoms with Crippen LogP contribution in [0.15, 0.2) is 53.9 Å². The van der Waals surface area contributed by atoms with Gasteiger partial charge >= 0.3 is 0 Å². The van der Waals surface area contributed by atoms with Crippen molar-refractivity contribution in [2.45, 2.75) is 13.8 Å². The molecule has 0 saturated heterocycles. The average Bonchev–Trinajstić information content (AvgIpc) is 3.01. The molecule has 0 aliphatic heterocycles. The third-order valence-electron chi connectivity index (χ3n) is 4.08. The summed E-state index contributed by atoms with van der Waals surface area (Å²) in [5, 5.41) is 6.75. The van der Waals surface area contributed by atoms with E-state index in [1.54, 1.807) is 11.3 Å². The molecular formula is C20H16ClN3S. The molecular weight excluding hydrogens is 350 g/mol. The molecule has 0 aliphatic carbocycles. The van der Waals surface area contributed by atoms with Crippen molar-refractivity contribution in [2.24, 2.45) is 0 Å². The fourth-order valence-corrected chi connectivity index (χ4v) is 3.89. The molecule has 2 heterocycles. The maximum absolute atomic E-state index is 6.14. The monoisotopic (exact) mass is 365 g/mol. The molecule has 0 amide bonds. The molecule has 0 aliphatic rings. The van der Waals surface area contributed by atoms with Crippen LogP contribution in [0.1, 0.15) is 11.1 Å². The van der Waals surface area contributed by atoms with Crippen LogP contribution in [0.5, 0.6) is 0 Å². The summed E-state index contributed by atoms with van der Waals surface area (Å²) >= 11 is 7.71. The van der Waals surface area contributed by atoms with Crippen molar-refractivity contribution in [3.05, 3.63) is 70.3 Å². The van der Waals surface area contributed by atoms with Gasteiger partial charge in [-0.3, -0.25) is 0 Å². The molecule has 0 atom stereocenters. The van der Waals surface area contributed by atoms with Gasteiger partial charge in [-0.1, -0.05) is 47.5 Å². The lowest BCUT2D eigenvalue weighted by molar-refractivity contribution is 1.23. The Hall–Kier alpha value is -2.43. The summed E-state index contributed by atoms with van der Waals surface area (Å²) in [6.07, 6.45) is 0. The molecule has 2 aromatic carbocycles. The quantitative estimate of drug-likeness (QED) is 0.428. The van der Waals surface area contributed by atoms with Gasteiger partial charge in [0.15, 0.2) is 0 Å². The van der Waals surface area contributed by atoms with E-state index < -0.39 is 0 Å². The number of nitrogens with zero attached hydrogens (tertiary/aromatic N) is 2. The van der Waals surface area contributed by atoms with Gasteiger partial charge in [0.1, 0.15) is 10.6 Å². The molecule has 0 radical (unpaired) electrons. The number of hydrogen-bond acceptors (Lipinski definition) is 4.